The molecule has 190 valence electrons. The monoisotopic (exact) mass is 486 g/mol. The molecule has 1 aliphatic carbocycles. The van der Waals surface area contributed by atoms with E-state index in [1.807, 2.05) is 43.4 Å². The lowest BCUT2D eigenvalue weighted by atomic mass is 9.86. The van der Waals surface area contributed by atoms with E-state index in [0.717, 1.165) is 29.4 Å². The number of hydrogen-bond donors (Lipinski definition) is 1. The molecule has 35 heavy (non-hydrogen) atoms. The summed E-state index contributed by atoms with van der Waals surface area (Å²) in [6, 6.07) is 1.95. The second-order valence-corrected chi connectivity index (χ2v) is 10.1. The molecule has 0 spiro atoms. The summed E-state index contributed by atoms with van der Waals surface area (Å²) in [5.41, 5.74) is 1.09. The van der Waals surface area contributed by atoms with Crippen LogP contribution < -0.4 is 4.74 Å². The highest BCUT2D eigenvalue weighted by atomic mass is 16.6. The topological polar surface area (TPSA) is 106 Å². The smallest absolute Gasteiger partial charge is 0.409 e. The van der Waals surface area contributed by atoms with E-state index in [2.05, 4.69) is 4.98 Å². The van der Waals surface area contributed by atoms with Crippen LogP contribution in [-0.2, 0) is 27.4 Å². The third-order valence-corrected chi connectivity index (χ3v) is 6.18. The zero-order valence-electron chi connectivity index (χ0n) is 21.0. The van der Waals surface area contributed by atoms with Gasteiger partial charge in [0.05, 0.1) is 31.1 Å². The van der Waals surface area contributed by atoms with Gasteiger partial charge in [-0.25, -0.2) is 9.78 Å². The molecule has 0 aromatic carbocycles. The van der Waals surface area contributed by atoms with Crippen molar-refractivity contribution in [2.24, 2.45) is 0 Å². The molecular formula is C24H35BN4O6. The second kappa shape index (κ2) is 10.5. The number of morpholine rings is 1. The summed E-state index contributed by atoms with van der Waals surface area (Å²) in [4.78, 5) is 34.2. The van der Waals surface area contributed by atoms with Gasteiger partial charge in [0.15, 0.2) is 14.0 Å². The number of aromatic nitrogens is 2. The maximum atomic E-state index is 13.6. The Labute approximate surface area is 206 Å². The first-order valence-corrected chi connectivity index (χ1v) is 12.2. The van der Waals surface area contributed by atoms with Crippen molar-refractivity contribution in [3.8, 4) is 5.75 Å². The fraction of sp³-hybridized carbons (Fsp3) is 0.625. The molecule has 1 aliphatic heterocycles. The largest absolute Gasteiger partial charge is 0.496 e. The second-order valence-electron chi connectivity index (χ2n) is 10.1. The van der Waals surface area contributed by atoms with Gasteiger partial charge in [-0.2, -0.15) is 0 Å². The molecule has 1 unspecified atom stereocenters. The fourth-order valence-corrected chi connectivity index (χ4v) is 4.40. The van der Waals surface area contributed by atoms with Gasteiger partial charge in [0, 0.05) is 50.2 Å². The van der Waals surface area contributed by atoms with Crippen molar-refractivity contribution in [3.05, 3.63) is 24.0 Å². The van der Waals surface area contributed by atoms with E-state index in [9.17, 15) is 14.7 Å². The van der Waals surface area contributed by atoms with Gasteiger partial charge in [-0.1, -0.05) is 0 Å². The van der Waals surface area contributed by atoms with Gasteiger partial charge in [-0.05, 0) is 39.2 Å². The standard InChI is InChI=1S/C24H35BN4O6/c1-24(2,25)35-23(32)28-10-12-34-19(15-28)22(31)29(17-5-6-17)14-16-13-27(9-4-11-30)21-20(16)18(33-3)7-8-26-21/h7-8,13,17,19,30H,4-6,9-12,14-15,25H2,1-3H3. The molecule has 2 amide bonds. The number of nitrogens with zero attached hydrogens (tertiary/aromatic N) is 4. The number of methoxy groups -OCH3 is 1. The summed E-state index contributed by atoms with van der Waals surface area (Å²) in [7, 11) is 3.44. The zero-order chi connectivity index (χ0) is 25.2. The molecule has 11 heteroatoms. The molecule has 4 rings (SSSR count). The number of aryl methyl sites for hydroxylation is 1. The number of carbonyl (C=O) groups is 2. The summed E-state index contributed by atoms with van der Waals surface area (Å²) in [5, 5.41) is 10.2. The van der Waals surface area contributed by atoms with Gasteiger partial charge in [0.2, 0.25) is 0 Å². The molecule has 2 fully saturated rings. The number of carbonyl (C=O) groups excluding carboxylic acids is 2. The maximum Gasteiger partial charge on any atom is 0.409 e. The number of hydrogen-bond acceptors (Lipinski definition) is 7. The molecule has 3 heterocycles. The SMILES string of the molecule is BC(C)(C)OC(=O)N1CCOC(C(=O)N(Cc2cn(CCCO)c3nccc(OC)c23)C2CC2)C1. The summed E-state index contributed by atoms with van der Waals surface area (Å²) < 4.78 is 18.9. The normalized spacial score (nSPS) is 18.5. The van der Waals surface area contributed by atoms with Crippen molar-refractivity contribution >= 4 is 30.9 Å². The predicted octanol–water partition coefficient (Wildman–Crippen LogP) is 1.12. The highest BCUT2D eigenvalue weighted by Gasteiger charge is 2.40. The minimum absolute atomic E-state index is 0.0822. The average molecular weight is 486 g/mol. The molecule has 0 radical (unpaired) electrons. The van der Waals surface area contributed by atoms with Crippen molar-refractivity contribution in [1.82, 2.24) is 19.4 Å². The Morgan fingerprint density at radius 1 is 1.37 bits per heavy atom. The number of aliphatic hydroxyl groups is 1. The molecule has 2 aromatic heterocycles. The van der Waals surface area contributed by atoms with Crippen molar-refractivity contribution in [3.63, 3.8) is 0 Å². The van der Waals surface area contributed by atoms with Crippen LogP contribution in [0.1, 0.15) is 38.7 Å². The molecule has 1 N–H and O–H groups in total. The maximum absolute atomic E-state index is 13.6. The molecule has 2 aliphatic rings. The number of amides is 2. The van der Waals surface area contributed by atoms with Gasteiger partial charge in [-0.3, -0.25) is 4.79 Å². The molecule has 1 saturated carbocycles. The minimum Gasteiger partial charge on any atom is -0.496 e. The summed E-state index contributed by atoms with van der Waals surface area (Å²) in [6.45, 7) is 5.57. The molecule has 10 nitrogen and oxygen atoms in total. The number of ether oxygens (including phenoxy) is 3. The summed E-state index contributed by atoms with van der Waals surface area (Å²) in [6.07, 6.45) is 5.00. The first kappa shape index (κ1) is 25.3. The van der Waals surface area contributed by atoms with E-state index < -0.39 is 17.7 Å². The lowest BCUT2D eigenvalue weighted by Gasteiger charge is -2.36. The Kier molecular flexibility index (Phi) is 7.56. The van der Waals surface area contributed by atoms with Gasteiger partial charge < -0.3 is 33.7 Å². The average Bonchev–Trinajstić information content (AvgIpc) is 3.61. The molecule has 1 atom stereocenters. The van der Waals surface area contributed by atoms with Crippen LogP contribution in [0.15, 0.2) is 18.5 Å². The van der Waals surface area contributed by atoms with E-state index in [4.69, 9.17) is 14.2 Å². The molecule has 0 bridgehead atoms. The van der Waals surface area contributed by atoms with E-state index in [0.29, 0.717) is 31.8 Å². The van der Waals surface area contributed by atoms with Gasteiger partial charge in [0.25, 0.3) is 5.91 Å². The van der Waals surface area contributed by atoms with E-state index in [-0.39, 0.29) is 31.7 Å². The third-order valence-electron chi connectivity index (χ3n) is 6.18. The van der Waals surface area contributed by atoms with Gasteiger partial charge in [-0.15, -0.1) is 0 Å². The quantitative estimate of drug-likeness (QED) is 0.530. The van der Waals surface area contributed by atoms with Gasteiger partial charge >= 0.3 is 6.09 Å². The highest BCUT2D eigenvalue weighted by Crippen LogP contribution is 2.34. The number of fused-ring (bicyclic) bond motifs is 1. The Morgan fingerprint density at radius 3 is 2.80 bits per heavy atom. The van der Waals surface area contributed by atoms with Crippen LogP contribution in [-0.4, -0.2) is 95.4 Å². The van der Waals surface area contributed by atoms with E-state index >= 15 is 0 Å². The van der Waals surface area contributed by atoms with Crippen LogP contribution in [0.3, 0.4) is 0 Å². The molecule has 2 aromatic rings. The van der Waals surface area contributed by atoms with Crippen LogP contribution in [0, 0.1) is 0 Å². The van der Waals surface area contributed by atoms with Crippen molar-refractivity contribution in [2.45, 2.75) is 63.8 Å². The van der Waals surface area contributed by atoms with Crippen LogP contribution in [0.5, 0.6) is 5.75 Å². The minimum atomic E-state index is -0.736. The molecule has 1 saturated heterocycles. The highest BCUT2D eigenvalue weighted by molar-refractivity contribution is 6.14. The third kappa shape index (κ3) is 5.90. The van der Waals surface area contributed by atoms with E-state index in [1.165, 1.54) is 0 Å². The Morgan fingerprint density at radius 2 is 2.14 bits per heavy atom. The van der Waals surface area contributed by atoms with E-state index in [1.54, 1.807) is 18.2 Å². The van der Waals surface area contributed by atoms with Crippen LogP contribution in [0.4, 0.5) is 4.79 Å². The van der Waals surface area contributed by atoms with Crippen molar-refractivity contribution in [2.75, 3.05) is 33.4 Å². The Balaban J connectivity index is 1.56. The van der Waals surface area contributed by atoms with Gasteiger partial charge in [0.1, 0.15) is 11.4 Å². The van der Waals surface area contributed by atoms with Crippen molar-refractivity contribution in [1.29, 1.82) is 0 Å². The first-order valence-electron chi connectivity index (χ1n) is 12.2. The fourth-order valence-electron chi connectivity index (χ4n) is 4.40. The first-order chi connectivity index (χ1) is 16.7. The Bertz CT molecular complexity index is 1060. The zero-order valence-corrected chi connectivity index (χ0v) is 21.0. The lowest BCUT2D eigenvalue weighted by Crippen LogP contribution is -2.53. The summed E-state index contributed by atoms with van der Waals surface area (Å²) >= 11 is 0. The number of rotatable bonds is 9. The number of pyridine rings is 1. The Hall–Kier alpha value is -2.79. The lowest BCUT2D eigenvalue weighted by molar-refractivity contribution is -0.150. The van der Waals surface area contributed by atoms with Crippen molar-refractivity contribution < 1.29 is 28.9 Å². The summed E-state index contributed by atoms with van der Waals surface area (Å²) in [5.74, 6) is 0.570. The predicted molar refractivity (Wildman–Crippen MR) is 132 cm³/mol. The van der Waals surface area contributed by atoms with Crippen LogP contribution in [0.25, 0.3) is 11.0 Å². The number of aliphatic hydroxyl groups excluding tert-OH is 1. The van der Waals surface area contributed by atoms with Crippen LogP contribution >= 0.6 is 0 Å². The molecular weight excluding hydrogens is 451 g/mol. The van der Waals surface area contributed by atoms with Crippen LogP contribution in [0.2, 0.25) is 0 Å².